The number of piperazine rings is 1. The van der Waals surface area contributed by atoms with Crippen LogP contribution >= 0.6 is 0 Å². The van der Waals surface area contributed by atoms with Crippen molar-refractivity contribution in [1.29, 1.82) is 5.26 Å². The zero-order chi connectivity index (χ0) is 16.9. The van der Waals surface area contributed by atoms with Crippen LogP contribution in [0.15, 0.2) is 36.4 Å². The van der Waals surface area contributed by atoms with Gasteiger partial charge < -0.3 is 4.90 Å². The summed E-state index contributed by atoms with van der Waals surface area (Å²) in [5.74, 6) is 0.859. The van der Waals surface area contributed by atoms with Gasteiger partial charge in [-0.05, 0) is 37.5 Å². The summed E-state index contributed by atoms with van der Waals surface area (Å²) in [7, 11) is 0. The summed E-state index contributed by atoms with van der Waals surface area (Å²) in [6.07, 6.45) is 1.09. The minimum absolute atomic E-state index is 0.721. The number of hydrogen-bond acceptors (Lipinski definition) is 4. The Labute approximate surface area is 144 Å². The molecule has 1 aromatic heterocycles. The Balaban J connectivity index is 1.60. The van der Waals surface area contributed by atoms with Crippen LogP contribution in [-0.2, 0) is 6.42 Å². The van der Waals surface area contributed by atoms with Crippen molar-refractivity contribution in [3.63, 3.8) is 0 Å². The molecule has 0 saturated carbocycles. The van der Waals surface area contributed by atoms with Crippen molar-refractivity contribution in [2.75, 3.05) is 37.6 Å². The first-order chi connectivity index (χ1) is 11.7. The van der Waals surface area contributed by atoms with Crippen molar-refractivity contribution in [3.05, 3.63) is 58.8 Å². The second-order valence-electron chi connectivity index (χ2n) is 6.46. The largest absolute Gasteiger partial charge is 0.353 e. The molecular formula is C20H24N4. The fraction of sp³-hybridized carbons (Fsp3) is 0.400. The van der Waals surface area contributed by atoms with Crippen LogP contribution in [0, 0.1) is 25.2 Å². The second-order valence-corrected chi connectivity index (χ2v) is 6.46. The molecule has 1 saturated heterocycles. The molecule has 4 nitrogen and oxygen atoms in total. The van der Waals surface area contributed by atoms with Crippen molar-refractivity contribution in [1.82, 2.24) is 9.88 Å². The molecule has 124 valence electrons. The summed E-state index contributed by atoms with van der Waals surface area (Å²) in [6, 6.07) is 15.0. The first-order valence-electron chi connectivity index (χ1n) is 8.57. The van der Waals surface area contributed by atoms with Crippen molar-refractivity contribution >= 4 is 5.82 Å². The average Bonchev–Trinajstić information content (AvgIpc) is 2.61. The molecule has 24 heavy (non-hydrogen) atoms. The van der Waals surface area contributed by atoms with Crippen LogP contribution in [-0.4, -0.2) is 42.6 Å². The summed E-state index contributed by atoms with van der Waals surface area (Å²) in [5, 5.41) is 9.46. The third-order valence-electron chi connectivity index (χ3n) is 4.67. The molecule has 0 radical (unpaired) electrons. The van der Waals surface area contributed by atoms with E-state index in [1.54, 1.807) is 0 Å². The summed E-state index contributed by atoms with van der Waals surface area (Å²) < 4.78 is 0. The van der Waals surface area contributed by atoms with E-state index in [4.69, 9.17) is 0 Å². The highest BCUT2D eigenvalue weighted by Gasteiger charge is 2.21. The Bertz CT molecular complexity index is 725. The summed E-state index contributed by atoms with van der Waals surface area (Å²) in [5.41, 5.74) is 4.11. The zero-order valence-corrected chi connectivity index (χ0v) is 14.5. The van der Waals surface area contributed by atoms with Crippen LogP contribution < -0.4 is 4.90 Å². The van der Waals surface area contributed by atoms with Crippen LogP contribution in [0.5, 0.6) is 0 Å². The SMILES string of the molecule is Cc1cc(C)c(C#N)c(N2CCN(CCc3ccccc3)CC2)n1. The van der Waals surface area contributed by atoms with E-state index in [1.807, 2.05) is 19.9 Å². The zero-order valence-electron chi connectivity index (χ0n) is 14.5. The first kappa shape index (κ1) is 16.5. The number of nitriles is 1. The van der Waals surface area contributed by atoms with Crippen LogP contribution in [0.25, 0.3) is 0 Å². The van der Waals surface area contributed by atoms with E-state index in [-0.39, 0.29) is 0 Å². The standard InChI is InChI=1S/C20H24N4/c1-16-14-17(2)22-20(19(16)15-21)24-12-10-23(11-13-24)9-8-18-6-4-3-5-7-18/h3-7,14H,8-13H2,1-2H3. The lowest BCUT2D eigenvalue weighted by molar-refractivity contribution is 0.260. The highest BCUT2D eigenvalue weighted by molar-refractivity contribution is 5.58. The second kappa shape index (κ2) is 7.46. The Morgan fingerprint density at radius 2 is 1.79 bits per heavy atom. The molecule has 2 heterocycles. The molecule has 0 N–H and O–H groups in total. The van der Waals surface area contributed by atoms with E-state index >= 15 is 0 Å². The number of aryl methyl sites for hydroxylation is 2. The van der Waals surface area contributed by atoms with Gasteiger partial charge in [-0.3, -0.25) is 4.90 Å². The van der Waals surface area contributed by atoms with Gasteiger partial charge in [0.05, 0.1) is 5.56 Å². The predicted octanol–water partition coefficient (Wildman–Crippen LogP) is 2.93. The lowest BCUT2D eigenvalue weighted by Crippen LogP contribution is -2.47. The Morgan fingerprint density at radius 3 is 2.46 bits per heavy atom. The van der Waals surface area contributed by atoms with Gasteiger partial charge in [-0.1, -0.05) is 30.3 Å². The average molecular weight is 320 g/mol. The molecule has 2 aromatic rings. The van der Waals surface area contributed by atoms with Crippen LogP contribution in [0.2, 0.25) is 0 Å². The number of pyridine rings is 1. The number of rotatable bonds is 4. The molecule has 0 unspecified atom stereocenters. The number of hydrogen-bond donors (Lipinski definition) is 0. The number of aromatic nitrogens is 1. The maximum atomic E-state index is 9.46. The van der Waals surface area contributed by atoms with Gasteiger partial charge in [-0.25, -0.2) is 4.98 Å². The molecule has 0 spiro atoms. The maximum Gasteiger partial charge on any atom is 0.147 e. The van der Waals surface area contributed by atoms with Gasteiger partial charge in [-0.15, -0.1) is 0 Å². The lowest BCUT2D eigenvalue weighted by atomic mass is 10.1. The third kappa shape index (κ3) is 3.74. The van der Waals surface area contributed by atoms with E-state index < -0.39 is 0 Å². The molecule has 0 aliphatic carbocycles. The first-order valence-corrected chi connectivity index (χ1v) is 8.57. The van der Waals surface area contributed by atoms with Crippen LogP contribution in [0.4, 0.5) is 5.82 Å². The minimum Gasteiger partial charge on any atom is -0.353 e. The van der Waals surface area contributed by atoms with Gasteiger partial charge in [-0.2, -0.15) is 5.26 Å². The van der Waals surface area contributed by atoms with Crippen LogP contribution in [0.3, 0.4) is 0 Å². The number of anilines is 1. The quantitative estimate of drug-likeness (QED) is 0.869. The molecule has 0 amide bonds. The minimum atomic E-state index is 0.721. The fourth-order valence-electron chi connectivity index (χ4n) is 3.30. The van der Waals surface area contributed by atoms with Gasteiger partial charge in [0.2, 0.25) is 0 Å². The van der Waals surface area contributed by atoms with E-state index in [0.717, 1.165) is 61.8 Å². The summed E-state index contributed by atoms with van der Waals surface area (Å²) in [4.78, 5) is 9.39. The molecule has 1 aromatic carbocycles. The third-order valence-corrected chi connectivity index (χ3v) is 4.67. The predicted molar refractivity (Wildman–Crippen MR) is 97.2 cm³/mol. The number of nitrogens with zero attached hydrogens (tertiary/aromatic N) is 4. The molecule has 0 atom stereocenters. The molecule has 0 bridgehead atoms. The van der Waals surface area contributed by atoms with Gasteiger partial charge in [0.15, 0.2) is 0 Å². The monoisotopic (exact) mass is 320 g/mol. The molecule has 1 fully saturated rings. The van der Waals surface area contributed by atoms with Gasteiger partial charge in [0, 0.05) is 38.4 Å². The van der Waals surface area contributed by atoms with Crippen molar-refractivity contribution in [3.8, 4) is 6.07 Å². The molecular weight excluding hydrogens is 296 g/mol. The Morgan fingerprint density at radius 1 is 1.08 bits per heavy atom. The van der Waals surface area contributed by atoms with E-state index in [1.165, 1.54) is 5.56 Å². The molecule has 1 aliphatic rings. The van der Waals surface area contributed by atoms with Gasteiger partial charge >= 0.3 is 0 Å². The fourth-order valence-corrected chi connectivity index (χ4v) is 3.30. The Hall–Kier alpha value is -2.38. The van der Waals surface area contributed by atoms with E-state index in [2.05, 4.69) is 51.2 Å². The van der Waals surface area contributed by atoms with Crippen LogP contribution in [0.1, 0.15) is 22.4 Å². The van der Waals surface area contributed by atoms with Crippen molar-refractivity contribution < 1.29 is 0 Å². The normalized spacial score (nSPS) is 15.3. The summed E-state index contributed by atoms with van der Waals surface area (Å²) >= 11 is 0. The Kier molecular flexibility index (Phi) is 5.12. The topological polar surface area (TPSA) is 43.2 Å². The van der Waals surface area contributed by atoms with Gasteiger partial charge in [0.1, 0.15) is 11.9 Å². The van der Waals surface area contributed by atoms with E-state index in [9.17, 15) is 5.26 Å². The van der Waals surface area contributed by atoms with E-state index in [0.29, 0.717) is 0 Å². The highest BCUT2D eigenvalue weighted by Crippen LogP contribution is 2.23. The van der Waals surface area contributed by atoms with Crippen molar-refractivity contribution in [2.45, 2.75) is 20.3 Å². The van der Waals surface area contributed by atoms with Crippen molar-refractivity contribution in [2.24, 2.45) is 0 Å². The molecule has 1 aliphatic heterocycles. The summed E-state index contributed by atoms with van der Waals surface area (Å²) in [6.45, 7) is 8.97. The molecule has 4 heteroatoms. The van der Waals surface area contributed by atoms with Gasteiger partial charge in [0.25, 0.3) is 0 Å². The molecule has 3 rings (SSSR count). The maximum absolute atomic E-state index is 9.46. The smallest absolute Gasteiger partial charge is 0.147 e. The number of benzene rings is 1. The lowest BCUT2D eigenvalue weighted by Gasteiger charge is -2.36. The highest BCUT2D eigenvalue weighted by atomic mass is 15.3.